The van der Waals surface area contributed by atoms with Crippen LogP contribution in [0.25, 0.3) is 0 Å². The molecule has 0 aliphatic rings. The van der Waals surface area contributed by atoms with Gasteiger partial charge >= 0.3 is 12.4 Å². The van der Waals surface area contributed by atoms with Gasteiger partial charge in [-0.25, -0.2) is 8.42 Å². The Hall–Kier alpha value is -2.60. The van der Waals surface area contributed by atoms with Gasteiger partial charge in [0.25, 0.3) is 0 Å². The van der Waals surface area contributed by atoms with Crippen LogP contribution in [0.4, 0.5) is 32.0 Å². The summed E-state index contributed by atoms with van der Waals surface area (Å²) < 4.78 is 103. The number of carbonyl (C=O) groups is 1. The van der Waals surface area contributed by atoms with Crippen LogP contribution in [0.3, 0.4) is 0 Å². The van der Waals surface area contributed by atoms with E-state index >= 15 is 0 Å². The van der Waals surface area contributed by atoms with E-state index in [1.165, 1.54) is 24.3 Å². The largest absolute Gasteiger partial charge is 0.416 e. The van der Waals surface area contributed by atoms with Gasteiger partial charge in [-0.15, -0.1) is 0 Å². The molecule has 0 atom stereocenters. The summed E-state index contributed by atoms with van der Waals surface area (Å²) in [4.78, 5) is 12.0. The Morgan fingerprint density at radius 2 is 1.40 bits per heavy atom. The number of hydrogen-bond donors (Lipinski definition) is 1. The first-order valence-electron chi connectivity index (χ1n) is 8.23. The van der Waals surface area contributed by atoms with E-state index in [2.05, 4.69) is 0 Å². The van der Waals surface area contributed by atoms with E-state index in [9.17, 15) is 39.6 Å². The lowest BCUT2D eigenvalue weighted by Gasteiger charge is -2.18. The van der Waals surface area contributed by atoms with E-state index in [1.54, 1.807) is 6.92 Å². The highest BCUT2D eigenvalue weighted by Crippen LogP contribution is 2.37. The lowest BCUT2D eigenvalue weighted by atomic mass is 10.1. The number of likely N-dealkylation sites (N-methyl/N-ethyl adjacent to an activating group) is 1. The molecule has 0 saturated heterocycles. The molecule has 5 nitrogen and oxygen atoms in total. The predicted molar refractivity (Wildman–Crippen MR) is 96.1 cm³/mol. The fourth-order valence-electron chi connectivity index (χ4n) is 2.40. The number of hydrogen-bond acceptors (Lipinski definition) is 3. The quantitative estimate of drug-likeness (QED) is 0.686. The molecule has 0 bridgehead atoms. The van der Waals surface area contributed by atoms with Crippen LogP contribution in [0.1, 0.15) is 16.7 Å². The standard InChI is InChI=1S/C18H16F6N2O3S/c1-11-3-5-15(6-4-11)30(28,29)26(2)10-16(27)25-14-8-12(17(19,20)21)7-13(9-14)18(22,23)24/h3-9H,10H2,1-2H3,(H,25,27). The molecule has 0 radical (unpaired) electrons. The maximum atomic E-state index is 12.9. The van der Waals surface area contributed by atoms with Crippen molar-refractivity contribution in [3.8, 4) is 0 Å². The van der Waals surface area contributed by atoms with E-state index in [-0.39, 0.29) is 11.0 Å². The van der Waals surface area contributed by atoms with Crippen molar-refractivity contribution in [1.29, 1.82) is 0 Å². The van der Waals surface area contributed by atoms with Crippen molar-refractivity contribution in [1.82, 2.24) is 4.31 Å². The third-order valence-electron chi connectivity index (χ3n) is 3.97. The van der Waals surface area contributed by atoms with Crippen LogP contribution in [-0.4, -0.2) is 32.2 Å². The molecule has 2 rings (SSSR count). The van der Waals surface area contributed by atoms with Gasteiger partial charge < -0.3 is 5.32 Å². The summed E-state index contributed by atoms with van der Waals surface area (Å²) >= 11 is 0. The molecule has 2 aromatic carbocycles. The van der Waals surface area contributed by atoms with E-state index in [4.69, 9.17) is 0 Å². The molecule has 30 heavy (non-hydrogen) atoms. The van der Waals surface area contributed by atoms with Crippen molar-refractivity contribution < 1.29 is 39.6 Å². The van der Waals surface area contributed by atoms with E-state index in [0.717, 1.165) is 12.6 Å². The van der Waals surface area contributed by atoms with Crippen molar-refractivity contribution in [2.24, 2.45) is 0 Å². The molecule has 0 heterocycles. The first-order valence-corrected chi connectivity index (χ1v) is 9.67. The number of alkyl halides is 6. The van der Waals surface area contributed by atoms with Crippen molar-refractivity contribution in [2.45, 2.75) is 24.2 Å². The highest BCUT2D eigenvalue weighted by atomic mass is 32.2. The number of anilines is 1. The van der Waals surface area contributed by atoms with Crippen LogP contribution in [0, 0.1) is 6.92 Å². The number of benzene rings is 2. The van der Waals surface area contributed by atoms with Crippen molar-refractivity contribution in [3.05, 3.63) is 59.2 Å². The van der Waals surface area contributed by atoms with Gasteiger partial charge in [0.15, 0.2) is 0 Å². The summed E-state index contributed by atoms with van der Waals surface area (Å²) in [6, 6.07) is 6.26. The van der Waals surface area contributed by atoms with Gasteiger partial charge in [-0.2, -0.15) is 30.6 Å². The highest BCUT2D eigenvalue weighted by molar-refractivity contribution is 7.89. The molecule has 1 N–H and O–H groups in total. The Morgan fingerprint density at radius 1 is 0.933 bits per heavy atom. The summed E-state index contributed by atoms with van der Waals surface area (Å²) in [7, 11) is -3.04. The fraction of sp³-hybridized carbons (Fsp3) is 0.278. The van der Waals surface area contributed by atoms with Gasteiger partial charge in [-0.1, -0.05) is 17.7 Å². The maximum absolute atomic E-state index is 12.9. The average molecular weight is 454 g/mol. The zero-order valence-electron chi connectivity index (χ0n) is 15.6. The molecule has 0 aliphatic carbocycles. The molecule has 2 aromatic rings. The zero-order valence-corrected chi connectivity index (χ0v) is 16.4. The first kappa shape index (κ1) is 23.7. The Morgan fingerprint density at radius 3 is 1.83 bits per heavy atom. The summed E-state index contributed by atoms with van der Waals surface area (Å²) in [5.41, 5.74) is -3.18. The second-order valence-electron chi connectivity index (χ2n) is 6.42. The molecule has 0 fully saturated rings. The Balaban J connectivity index is 2.24. The minimum absolute atomic E-state index is 0.0797. The lowest BCUT2D eigenvalue weighted by molar-refractivity contribution is -0.143. The van der Waals surface area contributed by atoms with Crippen LogP contribution >= 0.6 is 0 Å². The minimum atomic E-state index is -5.08. The van der Waals surface area contributed by atoms with Crippen LogP contribution in [0.2, 0.25) is 0 Å². The molecular formula is C18H16F6N2O3S. The SMILES string of the molecule is Cc1ccc(S(=O)(=O)N(C)CC(=O)Nc2cc(C(F)(F)F)cc(C(F)(F)F)c2)cc1. The van der Waals surface area contributed by atoms with Crippen molar-refractivity contribution >= 4 is 21.6 Å². The lowest BCUT2D eigenvalue weighted by Crippen LogP contribution is -2.35. The fourth-order valence-corrected chi connectivity index (χ4v) is 3.53. The van der Waals surface area contributed by atoms with Gasteiger partial charge in [-0.3, -0.25) is 4.79 Å². The number of nitrogens with zero attached hydrogens (tertiary/aromatic N) is 1. The first-order chi connectivity index (χ1) is 13.6. The second kappa shape index (κ2) is 8.26. The van der Waals surface area contributed by atoms with Crippen LogP contribution in [0.15, 0.2) is 47.4 Å². The van der Waals surface area contributed by atoms with Gasteiger partial charge in [-0.05, 0) is 37.3 Å². The molecule has 0 aliphatic heterocycles. The Kier molecular flexibility index (Phi) is 6.52. The summed E-state index contributed by atoms with van der Waals surface area (Å²) in [5, 5.41) is 1.89. The van der Waals surface area contributed by atoms with Crippen LogP contribution in [-0.2, 0) is 27.2 Å². The van der Waals surface area contributed by atoms with Gasteiger partial charge in [0.1, 0.15) is 0 Å². The number of aryl methyl sites for hydroxylation is 1. The third kappa shape index (κ3) is 5.72. The molecule has 0 aromatic heterocycles. The van der Waals surface area contributed by atoms with E-state index in [1.807, 2.05) is 5.32 Å². The van der Waals surface area contributed by atoms with Crippen LogP contribution in [0.5, 0.6) is 0 Å². The molecule has 0 spiro atoms. The second-order valence-corrected chi connectivity index (χ2v) is 8.46. The normalized spacial score (nSPS) is 12.8. The number of nitrogens with one attached hydrogen (secondary N) is 1. The zero-order chi connectivity index (χ0) is 22.9. The van der Waals surface area contributed by atoms with Crippen molar-refractivity contribution in [2.75, 3.05) is 18.9 Å². The maximum Gasteiger partial charge on any atom is 0.416 e. The average Bonchev–Trinajstić information content (AvgIpc) is 2.60. The van der Waals surface area contributed by atoms with Gasteiger partial charge in [0, 0.05) is 12.7 Å². The number of rotatable bonds is 5. The Labute approximate surface area is 168 Å². The molecule has 12 heteroatoms. The summed E-state index contributed by atoms with van der Waals surface area (Å²) in [6.45, 7) is 0.908. The third-order valence-corrected chi connectivity index (χ3v) is 5.78. The van der Waals surface area contributed by atoms with E-state index < -0.39 is 51.6 Å². The van der Waals surface area contributed by atoms with Gasteiger partial charge in [0.05, 0.1) is 22.6 Å². The number of halogens is 6. The van der Waals surface area contributed by atoms with Crippen LogP contribution < -0.4 is 5.32 Å². The topological polar surface area (TPSA) is 66.5 Å². The molecular weight excluding hydrogens is 438 g/mol. The summed E-state index contributed by atoms with van der Waals surface area (Å²) in [6.07, 6.45) is -10.2. The van der Waals surface area contributed by atoms with Gasteiger partial charge in [0.2, 0.25) is 15.9 Å². The van der Waals surface area contributed by atoms with E-state index in [0.29, 0.717) is 16.4 Å². The predicted octanol–water partition coefficient (Wildman–Crippen LogP) is 4.29. The summed E-state index contributed by atoms with van der Waals surface area (Å²) in [5.74, 6) is -1.11. The monoisotopic (exact) mass is 454 g/mol. The molecule has 0 unspecified atom stereocenters. The Bertz CT molecular complexity index is 999. The number of carbonyl (C=O) groups excluding carboxylic acids is 1. The molecule has 1 amide bonds. The number of sulfonamides is 1. The van der Waals surface area contributed by atoms with Crippen molar-refractivity contribution in [3.63, 3.8) is 0 Å². The number of amides is 1. The highest BCUT2D eigenvalue weighted by Gasteiger charge is 2.37. The molecule has 164 valence electrons. The smallest absolute Gasteiger partial charge is 0.325 e. The minimum Gasteiger partial charge on any atom is -0.325 e. The molecule has 0 saturated carbocycles.